The maximum atomic E-state index is 13.0. The molecule has 2 aliphatic rings. The zero-order valence-electron chi connectivity index (χ0n) is 15.4. The molecular formula is C20H28N2O4. The van der Waals surface area contributed by atoms with E-state index in [1.54, 1.807) is 4.90 Å². The van der Waals surface area contributed by atoms with Crippen molar-refractivity contribution < 1.29 is 19.1 Å². The molecule has 142 valence electrons. The summed E-state index contributed by atoms with van der Waals surface area (Å²) < 4.78 is 10.9. The van der Waals surface area contributed by atoms with Crippen LogP contribution < -0.4 is 10.5 Å². The molecule has 26 heavy (non-hydrogen) atoms. The van der Waals surface area contributed by atoms with Gasteiger partial charge in [-0.05, 0) is 50.3 Å². The van der Waals surface area contributed by atoms with Crippen molar-refractivity contribution in [3.63, 3.8) is 0 Å². The van der Waals surface area contributed by atoms with Crippen molar-refractivity contribution >= 4 is 11.8 Å². The standard InChI is InChI=1S/C20H28N2O4/c1-2-26-16-6-4-15(5-7-16)14-17(23)22-11-3-8-20(18(22)19(21)24)9-12-25-13-10-20/h4-7,18H,2-3,8-14H2,1H3,(H2,21,24). The number of rotatable bonds is 5. The third-order valence-electron chi connectivity index (χ3n) is 5.63. The monoisotopic (exact) mass is 360 g/mol. The average molecular weight is 360 g/mol. The van der Waals surface area contributed by atoms with Crippen LogP contribution in [0.3, 0.4) is 0 Å². The van der Waals surface area contributed by atoms with Gasteiger partial charge >= 0.3 is 0 Å². The Bertz CT molecular complexity index is 632. The summed E-state index contributed by atoms with van der Waals surface area (Å²) in [7, 11) is 0. The number of piperidine rings is 1. The van der Waals surface area contributed by atoms with Gasteiger partial charge in [0.15, 0.2) is 0 Å². The number of ether oxygens (including phenoxy) is 2. The number of benzene rings is 1. The van der Waals surface area contributed by atoms with Gasteiger partial charge in [-0.3, -0.25) is 9.59 Å². The van der Waals surface area contributed by atoms with E-state index in [0.717, 1.165) is 37.0 Å². The molecule has 1 atom stereocenters. The second-order valence-electron chi connectivity index (χ2n) is 7.22. The molecule has 3 rings (SSSR count). The lowest BCUT2D eigenvalue weighted by molar-refractivity contribution is -0.152. The largest absolute Gasteiger partial charge is 0.494 e. The van der Waals surface area contributed by atoms with Crippen molar-refractivity contribution in [2.45, 2.75) is 45.1 Å². The number of likely N-dealkylation sites (tertiary alicyclic amines) is 1. The number of hydrogen-bond acceptors (Lipinski definition) is 4. The Labute approximate surface area is 154 Å². The highest BCUT2D eigenvalue weighted by Gasteiger charge is 2.49. The zero-order chi connectivity index (χ0) is 18.6. The zero-order valence-corrected chi connectivity index (χ0v) is 15.4. The van der Waals surface area contributed by atoms with E-state index in [1.807, 2.05) is 31.2 Å². The summed E-state index contributed by atoms with van der Waals surface area (Å²) >= 11 is 0. The molecule has 2 saturated heterocycles. The van der Waals surface area contributed by atoms with E-state index in [4.69, 9.17) is 15.2 Å². The van der Waals surface area contributed by atoms with Crippen LogP contribution in [0.4, 0.5) is 0 Å². The first-order valence-electron chi connectivity index (χ1n) is 9.44. The molecule has 0 saturated carbocycles. The lowest BCUT2D eigenvalue weighted by atomic mass is 9.67. The number of carbonyl (C=O) groups excluding carboxylic acids is 2. The molecule has 0 aliphatic carbocycles. The average Bonchev–Trinajstić information content (AvgIpc) is 2.63. The lowest BCUT2D eigenvalue weighted by Gasteiger charge is -2.50. The summed E-state index contributed by atoms with van der Waals surface area (Å²) in [6, 6.07) is 7.00. The van der Waals surface area contributed by atoms with Crippen molar-refractivity contribution in [2.24, 2.45) is 11.1 Å². The van der Waals surface area contributed by atoms with Crippen LogP contribution in [-0.4, -0.2) is 49.1 Å². The van der Waals surface area contributed by atoms with Gasteiger partial charge < -0.3 is 20.1 Å². The van der Waals surface area contributed by atoms with E-state index >= 15 is 0 Å². The Morgan fingerprint density at radius 3 is 2.54 bits per heavy atom. The molecule has 1 aromatic carbocycles. The van der Waals surface area contributed by atoms with Crippen LogP contribution in [0.15, 0.2) is 24.3 Å². The van der Waals surface area contributed by atoms with Crippen molar-refractivity contribution in [2.75, 3.05) is 26.4 Å². The fourth-order valence-corrected chi connectivity index (χ4v) is 4.37. The first-order valence-corrected chi connectivity index (χ1v) is 9.44. The Balaban J connectivity index is 1.75. The quantitative estimate of drug-likeness (QED) is 0.869. The second-order valence-corrected chi connectivity index (χ2v) is 7.22. The predicted molar refractivity (Wildman–Crippen MR) is 97.7 cm³/mol. The van der Waals surface area contributed by atoms with Crippen LogP contribution in [-0.2, 0) is 20.7 Å². The number of amides is 2. The summed E-state index contributed by atoms with van der Waals surface area (Å²) in [4.78, 5) is 27.0. The Kier molecular flexibility index (Phi) is 5.81. The minimum atomic E-state index is -0.532. The summed E-state index contributed by atoms with van der Waals surface area (Å²) in [5.41, 5.74) is 6.44. The fourth-order valence-electron chi connectivity index (χ4n) is 4.37. The molecule has 0 radical (unpaired) electrons. The molecule has 2 N–H and O–H groups in total. The van der Waals surface area contributed by atoms with Gasteiger partial charge in [-0.2, -0.15) is 0 Å². The molecule has 6 heteroatoms. The van der Waals surface area contributed by atoms with Crippen LogP contribution >= 0.6 is 0 Å². The van der Waals surface area contributed by atoms with Gasteiger partial charge in [-0.1, -0.05) is 12.1 Å². The Morgan fingerprint density at radius 1 is 1.23 bits per heavy atom. The van der Waals surface area contributed by atoms with Crippen LogP contribution in [0.1, 0.15) is 38.2 Å². The number of carbonyl (C=O) groups is 2. The fraction of sp³-hybridized carbons (Fsp3) is 0.600. The van der Waals surface area contributed by atoms with Crippen molar-refractivity contribution in [3.05, 3.63) is 29.8 Å². The number of nitrogens with two attached hydrogens (primary N) is 1. The minimum Gasteiger partial charge on any atom is -0.494 e. The molecule has 2 aliphatic heterocycles. The normalized spacial score (nSPS) is 22.2. The van der Waals surface area contributed by atoms with Gasteiger partial charge in [-0.25, -0.2) is 0 Å². The molecule has 2 fully saturated rings. The molecule has 1 aromatic rings. The van der Waals surface area contributed by atoms with Crippen LogP contribution in [0, 0.1) is 5.41 Å². The molecule has 2 amide bonds. The van der Waals surface area contributed by atoms with Gasteiger partial charge in [0, 0.05) is 25.2 Å². The maximum Gasteiger partial charge on any atom is 0.240 e. The van der Waals surface area contributed by atoms with Gasteiger partial charge in [-0.15, -0.1) is 0 Å². The Morgan fingerprint density at radius 2 is 1.92 bits per heavy atom. The molecule has 0 bridgehead atoms. The highest BCUT2D eigenvalue weighted by atomic mass is 16.5. The molecule has 1 spiro atoms. The van der Waals surface area contributed by atoms with Crippen LogP contribution in [0.25, 0.3) is 0 Å². The van der Waals surface area contributed by atoms with Crippen molar-refractivity contribution in [1.82, 2.24) is 4.90 Å². The third-order valence-corrected chi connectivity index (χ3v) is 5.63. The highest BCUT2D eigenvalue weighted by molar-refractivity contribution is 5.88. The summed E-state index contributed by atoms with van der Waals surface area (Å²) in [6.45, 7) is 4.39. The molecule has 6 nitrogen and oxygen atoms in total. The molecule has 0 aromatic heterocycles. The molecule has 1 unspecified atom stereocenters. The van der Waals surface area contributed by atoms with Gasteiger partial charge in [0.1, 0.15) is 11.8 Å². The lowest BCUT2D eigenvalue weighted by Crippen LogP contribution is -2.61. The molecule has 2 heterocycles. The Hall–Kier alpha value is -2.08. The summed E-state index contributed by atoms with van der Waals surface area (Å²) in [6.07, 6.45) is 3.67. The van der Waals surface area contributed by atoms with Gasteiger partial charge in [0.2, 0.25) is 11.8 Å². The number of nitrogens with zero attached hydrogens (tertiary/aromatic N) is 1. The number of primary amides is 1. The van der Waals surface area contributed by atoms with Crippen LogP contribution in [0.5, 0.6) is 5.75 Å². The van der Waals surface area contributed by atoms with Gasteiger partial charge in [0.25, 0.3) is 0 Å². The van der Waals surface area contributed by atoms with E-state index in [1.165, 1.54) is 0 Å². The topological polar surface area (TPSA) is 81.9 Å². The predicted octanol–water partition coefficient (Wildman–Crippen LogP) is 1.90. The smallest absolute Gasteiger partial charge is 0.240 e. The first-order chi connectivity index (χ1) is 12.6. The summed E-state index contributed by atoms with van der Waals surface area (Å²) in [5, 5.41) is 0. The summed E-state index contributed by atoms with van der Waals surface area (Å²) in [5.74, 6) is 0.355. The van der Waals surface area contributed by atoms with Crippen LogP contribution in [0.2, 0.25) is 0 Å². The van der Waals surface area contributed by atoms with Crippen molar-refractivity contribution in [1.29, 1.82) is 0 Å². The van der Waals surface area contributed by atoms with E-state index < -0.39 is 11.9 Å². The van der Waals surface area contributed by atoms with E-state index in [9.17, 15) is 9.59 Å². The maximum absolute atomic E-state index is 13.0. The second kappa shape index (κ2) is 8.08. The van der Waals surface area contributed by atoms with Gasteiger partial charge in [0.05, 0.1) is 13.0 Å². The van der Waals surface area contributed by atoms with E-state index in [-0.39, 0.29) is 17.7 Å². The molecular weight excluding hydrogens is 332 g/mol. The third kappa shape index (κ3) is 3.85. The van der Waals surface area contributed by atoms with E-state index in [0.29, 0.717) is 26.4 Å². The minimum absolute atomic E-state index is 0.0384. The highest BCUT2D eigenvalue weighted by Crippen LogP contribution is 2.44. The first kappa shape index (κ1) is 18.7. The van der Waals surface area contributed by atoms with Crippen molar-refractivity contribution in [3.8, 4) is 5.75 Å². The van der Waals surface area contributed by atoms with E-state index in [2.05, 4.69) is 0 Å². The number of hydrogen-bond donors (Lipinski definition) is 1. The SMILES string of the molecule is CCOc1ccc(CC(=O)N2CCCC3(CCOCC3)C2C(N)=O)cc1.